The van der Waals surface area contributed by atoms with Gasteiger partial charge in [-0.25, -0.2) is 0 Å². The third kappa shape index (κ3) is 8.23. The molecule has 0 aromatic carbocycles. The van der Waals surface area contributed by atoms with E-state index in [0.717, 1.165) is 0 Å². The molecule has 9 heavy (non-hydrogen) atoms. The van der Waals surface area contributed by atoms with Gasteiger partial charge in [0.1, 0.15) is 0 Å². The van der Waals surface area contributed by atoms with E-state index in [9.17, 15) is 0 Å². The molecule has 0 aromatic heterocycles. The first-order chi connectivity index (χ1) is 4.13. The SMILES string of the molecule is CC(C)SOON(C)C. The fourth-order valence-electron chi connectivity index (χ4n) is 0.157. The summed E-state index contributed by atoms with van der Waals surface area (Å²) in [5, 5.41) is 1.93. The van der Waals surface area contributed by atoms with Gasteiger partial charge in [0.25, 0.3) is 0 Å². The predicted octanol–water partition coefficient (Wildman–Crippen LogP) is 1.47. The van der Waals surface area contributed by atoms with Crippen molar-refractivity contribution in [1.82, 2.24) is 5.06 Å². The van der Waals surface area contributed by atoms with Gasteiger partial charge in [0.2, 0.25) is 0 Å². The highest BCUT2D eigenvalue weighted by Gasteiger charge is 1.95. The lowest BCUT2D eigenvalue weighted by atomic mass is 10.6. The third-order valence-electron chi connectivity index (χ3n) is 0.411. The van der Waals surface area contributed by atoms with E-state index in [1.165, 1.54) is 17.1 Å². The number of hydroxylamine groups is 2. The molecule has 0 radical (unpaired) electrons. The fourth-order valence-corrected chi connectivity index (χ4v) is 0.471. The van der Waals surface area contributed by atoms with Crippen LogP contribution in [0, 0.1) is 0 Å². The quantitative estimate of drug-likeness (QED) is 0.344. The maximum Gasteiger partial charge on any atom is 0.0362 e. The number of rotatable bonds is 4. The van der Waals surface area contributed by atoms with E-state index < -0.39 is 0 Å². The van der Waals surface area contributed by atoms with Gasteiger partial charge in [-0.1, -0.05) is 13.8 Å². The average molecular weight is 151 g/mol. The zero-order chi connectivity index (χ0) is 7.28. The Labute approximate surface area is 60.4 Å². The normalized spacial score (nSPS) is 11.3. The lowest BCUT2D eigenvalue weighted by molar-refractivity contribution is -0.340. The highest BCUT2D eigenvalue weighted by Crippen LogP contribution is 2.10. The van der Waals surface area contributed by atoms with Crippen molar-refractivity contribution < 1.29 is 9.32 Å². The minimum atomic E-state index is 0.435. The Morgan fingerprint density at radius 2 is 1.89 bits per heavy atom. The topological polar surface area (TPSA) is 21.7 Å². The molecular formula is C5H13NO2S. The van der Waals surface area contributed by atoms with E-state index in [2.05, 4.69) is 4.99 Å². The van der Waals surface area contributed by atoms with Gasteiger partial charge >= 0.3 is 0 Å². The Morgan fingerprint density at radius 1 is 1.33 bits per heavy atom. The maximum absolute atomic E-state index is 4.70. The van der Waals surface area contributed by atoms with Crippen molar-refractivity contribution in [3.63, 3.8) is 0 Å². The second-order valence-electron chi connectivity index (χ2n) is 2.10. The van der Waals surface area contributed by atoms with E-state index in [1.54, 1.807) is 14.1 Å². The van der Waals surface area contributed by atoms with Gasteiger partial charge < -0.3 is 0 Å². The standard InChI is InChI=1S/C5H13NO2S/c1-5(2)9-8-7-6(3)4/h5H,1-4H3. The van der Waals surface area contributed by atoms with Crippen LogP contribution in [0.2, 0.25) is 0 Å². The van der Waals surface area contributed by atoms with Crippen LogP contribution in [0.25, 0.3) is 0 Å². The minimum absolute atomic E-state index is 0.435. The molecule has 56 valence electrons. The number of nitrogens with zero attached hydrogens (tertiary/aromatic N) is 1. The molecule has 0 saturated carbocycles. The summed E-state index contributed by atoms with van der Waals surface area (Å²) in [6.07, 6.45) is 0. The molecule has 0 N–H and O–H groups in total. The average Bonchev–Trinajstić information content (AvgIpc) is 1.63. The summed E-state index contributed by atoms with van der Waals surface area (Å²) >= 11 is 1.30. The molecule has 0 amide bonds. The zero-order valence-electron chi connectivity index (χ0n) is 6.25. The molecule has 0 heterocycles. The molecule has 0 spiro atoms. The van der Waals surface area contributed by atoms with E-state index in [-0.39, 0.29) is 0 Å². The summed E-state index contributed by atoms with van der Waals surface area (Å²) < 4.78 is 4.70. The van der Waals surface area contributed by atoms with Crippen molar-refractivity contribution in [3.8, 4) is 0 Å². The molecule has 0 unspecified atom stereocenters. The third-order valence-corrected chi connectivity index (χ3v) is 0.936. The lowest BCUT2D eigenvalue weighted by Gasteiger charge is -2.07. The molecule has 0 rings (SSSR count). The van der Waals surface area contributed by atoms with Crippen LogP contribution in [-0.4, -0.2) is 24.4 Å². The van der Waals surface area contributed by atoms with Gasteiger partial charge in [-0.05, 0) is 0 Å². The Hall–Kier alpha value is 0.230. The number of hydrogen-bond donors (Lipinski definition) is 0. The monoisotopic (exact) mass is 151 g/mol. The minimum Gasteiger partial charge on any atom is -0.162 e. The van der Waals surface area contributed by atoms with Crippen LogP contribution in [0.5, 0.6) is 0 Å². The molecule has 0 aliphatic rings. The molecule has 0 aliphatic carbocycles. The van der Waals surface area contributed by atoms with Crippen LogP contribution in [-0.2, 0) is 9.32 Å². The number of hydrogen-bond acceptors (Lipinski definition) is 4. The molecule has 0 saturated heterocycles. The molecule has 4 heteroatoms. The summed E-state index contributed by atoms with van der Waals surface area (Å²) in [6, 6.07) is 0. The smallest absolute Gasteiger partial charge is 0.0362 e. The van der Waals surface area contributed by atoms with E-state index in [4.69, 9.17) is 4.33 Å². The van der Waals surface area contributed by atoms with Gasteiger partial charge in [-0.3, -0.25) is 0 Å². The molecule has 0 aromatic rings. The van der Waals surface area contributed by atoms with Crippen molar-refractivity contribution in [2.45, 2.75) is 19.1 Å². The second-order valence-corrected chi connectivity index (χ2v) is 3.37. The van der Waals surface area contributed by atoms with E-state index in [0.29, 0.717) is 5.25 Å². The van der Waals surface area contributed by atoms with Crippen LogP contribution in [0.15, 0.2) is 0 Å². The van der Waals surface area contributed by atoms with Crippen LogP contribution < -0.4 is 0 Å². The molecule has 0 aliphatic heterocycles. The molecular weight excluding hydrogens is 138 g/mol. The Kier molecular flexibility index (Phi) is 5.18. The highest BCUT2D eigenvalue weighted by atomic mass is 32.2. The predicted molar refractivity (Wildman–Crippen MR) is 38.6 cm³/mol. The largest absolute Gasteiger partial charge is 0.162 e. The lowest BCUT2D eigenvalue weighted by Crippen LogP contribution is -2.11. The van der Waals surface area contributed by atoms with Crippen molar-refractivity contribution >= 4 is 12.0 Å². The summed E-state index contributed by atoms with van der Waals surface area (Å²) in [5.41, 5.74) is 0. The molecule has 0 atom stereocenters. The van der Waals surface area contributed by atoms with Gasteiger partial charge in [0, 0.05) is 31.4 Å². The van der Waals surface area contributed by atoms with Crippen LogP contribution in [0.4, 0.5) is 0 Å². The first-order valence-corrected chi connectivity index (χ1v) is 3.61. The van der Waals surface area contributed by atoms with Crippen LogP contribution in [0.1, 0.15) is 13.8 Å². The first-order valence-electron chi connectivity index (χ1n) is 2.80. The summed E-state index contributed by atoms with van der Waals surface area (Å²) in [4.78, 5) is 4.65. The summed E-state index contributed by atoms with van der Waals surface area (Å²) in [6.45, 7) is 4.06. The van der Waals surface area contributed by atoms with Gasteiger partial charge in [-0.15, -0.1) is 9.32 Å². The fraction of sp³-hybridized carbons (Fsp3) is 1.00. The zero-order valence-corrected chi connectivity index (χ0v) is 7.07. The van der Waals surface area contributed by atoms with Crippen molar-refractivity contribution in [1.29, 1.82) is 0 Å². The summed E-state index contributed by atoms with van der Waals surface area (Å²) in [7, 11) is 3.53. The van der Waals surface area contributed by atoms with Gasteiger partial charge in [0.05, 0.1) is 0 Å². The van der Waals surface area contributed by atoms with Crippen LogP contribution in [0.3, 0.4) is 0 Å². The Bertz CT molecular complexity index is 60.0. The van der Waals surface area contributed by atoms with Crippen molar-refractivity contribution in [2.75, 3.05) is 14.1 Å². The molecule has 0 fully saturated rings. The van der Waals surface area contributed by atoms with Crippen molar-refractivity contribution in [2.24, 2.45) is 0 Å². The maximum atomic E-state index is 4.70. The molecule has 3 nitrogen and oxygen atoms in total. The van der Waals surface area contributed by atoms with Gasteiger partial charge in [0.15, 0.2) is 0 Å². The van der Waals surface area contributed by atoms with E-state index >= 15 is 0 Å². The Balaban J connectivity index is 2.91. The first kappa shape index (κ1) is 9.23. The highest BCUT2D eigenvalue weighted by molar-refractivity contribution is 7.95. The Morgan fingerprint density at radius 3 is 2.22 bits per heavy atom. The van der Waals surface area contributed by atoms with Gasteiger partial charge in [-0.2, -0.15) is 5.06 Å². The summed E-state index contributed by atoms with van der Waals surface area (Å²) in [5.74, 6) is 0. The second kappa shape index (κ2) is 5.05. The van der Waals surface area contributed by atoms with Crippen molar-refractivity contribution in [3.05, 3.63) is 0 Å². The molecule has 0 bridgehead atoms. The van der Waals surface area contributed by atoms with Crippen LogP contribution >= 0.6 is 12.0 Å². The van der Waals surface area contributed by atoms with E-state index in [1.807, 2.05) is 13.8 Å².